The first-order chi connectivity index (χ1) is 17.8. The predicted octanol–water partition coefficient (Wildman–Crippen LogP) is 2.19. The molecule has 0 spiro atoms. The van der Waals surface area contributed by atoms with Crippen LogP contribution in [0.25, 0.3) is 0 Å². The summed E-state index contributed by atoms with van der Waals surface area (Å²) >= 11 is 0. The van der Waals surface area contributed by atoms with Crippen LogP contribution in [0.15, 0.2) is 0 Å². The molecule has 0 aromatic rings. The number of carbonyl (C=O) groups is 1. The summed E-state index contributed by atoms with van der Waals surface area (Å²) < 4.78 is 48.5. The van der Waals surface area contributed by atoms with E-state index in [2.05, 4.69) is 6.92 Å². The van der Waals surface area contributed by atoms with E-state index in [1.807, 2.05) is 0 Å². The molecule has 0 aliphatic rings. The maximum Gasteiger partial charge on any atom is 0.305 e. The molecule has 0 radical (unpaired) electrons. The Labute approximate surface area is 216 Å². The highest BCUT2D eigenvalue weighted by Gasteiger charge is 1.97. The third-order valence-corrected chi connectivity index (χ3v) is 4.58. The topological polar surface area (TPSA) is 120 Å². The Morgan fingerprint density at radius 1 is 0.417 bits per heavy atom. The van der Waals surface area contributed by atoms with Gasteiger partial charge >= 0.3 is 5.97 Å². The van der Waals surface area contributed by atoms with Crippen molar-refractivity contribution >= 4 is 5.97 Å². The minimum atomic E-state index is -0.869. The number of rotatable bonds is 32. The van der Waals surface area contributed by atoms with E-state index < -0.39 is 5.97 Å². The molecule has 36 heavy (non-hydrogen) atoms. The summed E-state index contributed by atoms with van der Waals surface area (Å²) in [6, 6.07) is 0. The predicted molar refractivity (Wildman–Crippen MR) is 134 cm³/mol. The average Bonchev–Trinajstić information content (AvgIpc) is 2.87. The molecule has 0 saturated heterocycles. The fourth-order valence-electron chi connectivity index (χ4n) is 2.65. The summed E-state index contributed by atoms with van der Waals surface area (Å²) in [7, 11) is 0. The molecule has 0 unspecified atom stereocenters. The maximum absolute atomic E-state index is 10.3. The lowest BCUT2D eigenvalue weighted by atomic mass is 10.2. The fraction of sp³-hybridized carbons (Fsp3) is 0.960. The molecule has 0 heterocycles. The summed E-state index contributed by atoms with van der Waals surface area (Å²) in [6.45, 7) is 11.4. The standard InChI is InChI=1S/C25H50O11/c1-2-3-4-5-7-28-9-11-30-13-15-32-17-19-34-21-23-36-24-22-35-20-18-33-16-14-31-12-10-29-8-6-25(26)27/h2-24H2,1H3,(H,26,27). The molecule has 0 bridgehead atoms. The van der Waals surface area contributed by atoms with E-state index >= 15 is 0 Å². The van der Waals surface area contributed by atoms with E-state index in [-0.39, 0.29) is 13.0 Å². The highest BCUT2D eigenvalue weighted by atomic mass is 16.6. The Morgan fingerprint density at radius 2 is 0.694 bits per heavy atom. The number of hydrogen-bond acceptors (Lipinski definition) is 10. The molecule has 0 fully saturated rings. The van der Waals surface area contributed by atoms with Crippen molar-refractivity contribution < 1.29 is 52.5 Å². The molecule has 0 aliphatic carbocycles. The van der Waals surface area contributed by atoms with Crippen molar-refractivity contribution in [2.45, 2.75) is 39.0 Å². The largest absolute Gasteiger partial charge is 0.481 e. The molecule has 0 rings (SSSR count). The van der Waals surface area contributed by atoms with Gasteiger partial charge in [0, 0.05) is 6.61 Å². The van der Waals surface area contributed by atoms with Gasteiger partial charge in [-0.15, -0.1) is 0 Å². The zero-order valence-corrected chi connectivity index (χ0v) is 22.3. The van der Waals surface area contributed by atoms with Crippen LogP contribution < -0.4 is 0 Å². The first kappa shape index (κ1) is 35.1. The van der Waals surface area contributed by atoms with Crippen LogP contribution >= 0.6 is 0 Å². The lowest BCUT2D eigenvalue weighted by Crippen LogP contribution is -2.15. The number of carboxylic acid groups (broad SMARTS) is 1. The van der Waals surface area contributed by atoms with Crippen LogP contribution in [0.2, 0.25) is 0 Å². The fourth-order valence-corrected chi connectivity index (χ4v) is 2.65. The molecule has 0 saturated carbocycles. The van der Waals surface area contributed by atoms with Crippen molar-refractivity contribution in [3.8, 4) is 0 Å². The number of carboxylic acids is 1. The van der Waals surface area contributed by atoms with Crippen LogP contribution in [0, 0.1) is 0 Å². The molecule has 11 nitrogen and oxygen atoms in total. The van der Waals surface area contributed by atoms with Gasteiger partial charge in [-0.05, 0) is 6.42 Å². The van der Waals surface area contributed by atoms with Gasteiger partial charge in [0.15, 0.2) is 0 Å². The normalized spacial score (nSPS) is 11.4. The van der Waals surface area contributed by atoms with Crippen LogP contribution in [-0.2, 0) is 47.4 Å². The SMILES string of the molecule is CCCCCCOCCOCCOCCOCCOCCOCCOCCOCCOCCC(=O)O. The molecule has 0 aromatic carbocycles. The van der Waals surface area contributed by atoms with Gasteiger partial charge < -0.3 is 47.7 Å². The molecule has 216 valence electrons. The van der Waals surface area contributed by atoms with Gasteiger partial charge in [0.2, 0.25) is 0 Å². The van der Waals surface area contributed by atoms with Crippen LogP contribution in [0.1, 0.15) is 39.0 Å². The molecule has 0 aliphatic heterocycles. The third-order valence-electron chi connectivity index (χ3n) is 4.58. The summed E-state index contributed by atoms with van der Waals surface area (Å²) in [5, 5.41) is 8.46. The summed E-state index contributed by atoms with van der Waals surface area (Å²) in [5.74, 6) is -0.869. The Bertz CT molecular complexity index is 427. The van der Waals surface area contributed by atoms with E-state index in [1.165, 1.54) is 19.3 Å². The average molecular weight is 527 g/mol. The van der Waals surface area contributed by atoms with Crippen molar-refractivity contribution in [3.63, 3.8) is 0 Å². The lowest BCUT2D eigenvalue weighted by molar-refractivity contribution is -0.138. The van der Waals surface area contributed by atoms with Gasteiger partial charge in [-0.1, -0.05) is 26.2 Å². The highest BCUT2D eigenvalue weighted by Crippen LogP contribution is 1.98. The molecule has 0 atom stereocenters. The van der Waals surface area contributed by atoms with E-state index in [0.29, 0.717) is 106 Å². The van der Waals surface area contributed by atoms with Gasteiger partial charge in [-0.25, -0.2) is 0 Å². The number of ether oxygens (including phenoxy) is 9. The van der Waals surface area contributed by atoms with E-state index in [4.69, 9.17) is 47.7 Å². The Hall–Kier alpha value is -0.890. The van der Waals surface area contributed by atoms with Gasteiger partial charge in [-0.2, -0.15) is 0 Å². The highest BCUT2D eigenvalue weighted by molar-refractivity contribution is 5.66. The Morgan fingerprint density at radius 3 is 0.972 bits per heavy atom. The van der Waals surface area contributed by atoms with Gasteiger partial charge in [0.1, 0.15) is 0 Å². The van der Waals surface area contributed by atoms with Crippen LogP contribution in [0.5, 0.6) is 0 Å². The molecule has 0 amide bonds. The van der Waals surface area contributed by atoms with Crippen LogP contribution in [0.3, 0.4) is 0 Å². The Kier molecular flexibility index (Phi) is 31.3. The minimum absolute atomic E-state index is 0.00459. The first-order valence-electron chi connectivity index (χ1n) is 13.2. The maximum atomic E-state index is 10.3. The second-order valence-corrected chi connectivity index (χ2v) is 7.72. The quantitative estimate of drug-likeness (QED) is 0.130. The van der Waals surface area contributed by atoms with Crippen molar-refractivity contribution in [1.29, 1.82) is 0 Å². The van der Waals surface area contributed by atoms with Crippen LogP contribution in [0.4, 0.5) is 0 Å². The second-order valence-electron chi connectivity index (χ2n) is 7.72. The number of aliphatic carboxylic acids is 1. The van der Waals surface area contributed by atoms with Crippen molar-refractivity contribution in [2.75, 3.05) is 119 Å². The van der Waals surface area contributed by atoms with Crippen LogP contribution in [-0.4, -0.2) is 130 Å². The number of unbranched alkanes of at least 4 members (excludes halogenated alkanes) is 3. The van der Waals surface area contributed by atoms with Gasteiger partial charge in [-0.3, -0.25) is 4.79 Å². The zero-order chi connectivity index (χ0) is 26.2. The molecule has 1 N–H and O–H groups in total. The van der Waals surface area contributed by atoms with E-state index in [9.17, 15) is 4.79 Å². The summed E-state index contributed by atoms with van der Waals surface area (Å²) in [5.41, 5.74) is 0. The summed E-state index contributed by atoms with van der Waals surface area (Å²) in [4.78, 5) is 10.3. The van der Waals surface area contributed by atoms with Crippen molar-refractivity contribution in [2.24, 2.45) is 0 Å². The summed E-state index contributed by atoms with van der Waals surface area (Å²) in [6.07, 6.45) is 4.89. The number of hydrogen-bond donors (Lipinski definition) is 1. The van der Waals surface area contributed by atoms with Crippen molar-refractivity contribution in [3.05, 3.63) is 0 Å². The monoisotopic (exact) mass is 526 g/mol. The molecule has 11 heteroatoms. The van der Waals surface area contributed by atoms with Gasteiger partial charge in [0.05, 0.1) is 119 Å². The molecule has 0 aromatic heterocycles. The molecular weight excluding hydrogens is 476 g/mol. The lowest BCUT2D eigenvalue weighted by Gasteiger charge is -2.09. The van der Waals surface area contributed by atoms with E-state index in [1.54, 1.807) is 0 Å². The minimum Gasteiger partial charge on any atom is -0.481 e. The first-order valence-corrected chi connectivity index (χ1v) is 13.2. The van der Waals surface area contributed by atoms with Crippen molar-refractivity contribution in [1.82, 2.24) is 0 Å². The van der Waals surface area contributed by atoms with E-state index in [0.717, 1.165) is 13.0 Å². The smallest absolute Gasteiger partial charge is 0.305 e. The zero-order valence-electron chi connectivity index (χ0n) is 22.3. The second kappa shape index (κ2) is 32.1. The third kappa shape index (κ3) is 33.1. The molecular formula is C25H50O11. The Balaban J connectivity index is 3.02. The van der Waals surface area contributed by atoms with Gasteiger partial charge in [0.25, 0.3) is 0 Å².